The number of methoxy groups -OCH3 is 1. The van der Waals surface area contributed by atoms with Gasteiger partial charge in [-0.05, 0) is 38.3 Å². The van der Waals surface area contributed by atoms with Crippen LogP contribution in [-0.4, -0.2) is 55.5 Å². The molecule has 1 aromatic rings. The first-order valence-electron chi connectivity index (χ1n) is 9.58. The van der Waals surface area contributed by atoms with Crippen LogP contribution >= 0.6 is 0 Å². The topological polar surface area (TPSA) is 70.7 Å². The third-order valence-electron chi connectivity index (χ3n) is 5.34. The molecule has 0 radical (unpaired) electrons. The number of amides is 2. The van der Waals surface area contributed by atoms with E-state index in [9.17, 15) is 9.59 Å². The normalized spacial score (nSPS) is 20.8. The Bertz CT molecular complexity index is 620. The number of carbonyl (C=O) groups excluding carboxylic acids is 2. The second-order valence-electron chi connectivity index (χ2n) is 7.21. The number of nitrogens with one attached hydrogen (secondary N) is 2. The molecule has 0 bridgehead atoms. The molecule has 0 aromatic heterocycles. The summed E-state index contributed by atoms with van der Waals surface area (Å²) in [5.74, 6) is 1.00. The summed E-state index contributed by atoms with van der Waals surface area (Å²) in [4.78, 5) is 26.6. The average molecular weight is 359 g/mol. The van der Waals surface area contributed by atoms with Crippen molar-refractivity contribution < 1.29 is 14.3 Å². The molecular weight excluding hydrogens is 330 g/mol. The highest BCUT2D eigenvalue weighted by Crippen LogP contribution is 2.20. The minimum atomic E-state index is 0.120. The number of hydrogen-bond donors (Lipinski definition) is 2. The van der Waals surface area contributed by atoms with Crippen molar-refractivity contribution in [2.45, 2.75) is 50.6 Å². The van der Waals surface area contributed by atoms with Crippen molar-refractivity contribution in [2.75, 3.05) is 26.7 Å². The summed E-state index contributed by atoms with van der Waals surface area (Å²) in [6.07, 6.45) is 4.80. The van der Waals surface area contributed by atoms with Crippen LogP contribution in [-0.2, 0) is 16.0 Å². The Hall–Kier alpha value is -2.08. The van der Waals surface area contributed by atoms with Crippen molar-refractivity contribution in [1.29, 1.82) is 0 Å². The van der Waals surface area contributed by atoms with E-state index in [0.717, 1.165) is 43.5 Å². The summed E-state index contributed by atoms with van der Waals surface area (Å²) in [6, 6.07) is 8.15. The first-order valence-corrected chi connectivity index (χ1v) is 9.58. The Morgan fingerprint density at radius 2 is 2.00 bits per heavy atom. The zero-order chi connectivity index (χ0) is 18.4. The summed E-state index contributed by atoms with van der Waals surface area (Å²) in [5, 5.41) is 6.49. The van der Waals surface area contributed by atoms with Crippen LogP contribution in [0.3, 0.4) is 0 Å². The number of carbonyl (C=O) groups is 2. The summed E-state index contributed by atoms with van der Waals surface area (Å²) in [7, 11) is 1.62. The maximum absolute atomic E-state index is 12.6. The molecule has 0 spiro atoms. The second-order valence-corrected chi connectivity index (χ2v) is 7.21. The number of likely N-dealkylation sites (tertiary alicyclic amines) is 1. The molecule has 0 saturated carbocycles. The van der Waals surface area contributed by atoms with Crippen LogP contribution in [0.15, 0.2) is 24.3 Å². The van der Waals surface area contributed by atoms with Crippen LogP contribution in [0.25, 0.3) is 0 Å². The van der Waals surface area contributed by atoms with Crippen molar-refractivity contribution in [3.63, 3.8) is 0 Å². The smallest absolute Gasteiger partial charge is 0.227 e. The second kappa shape index (κ2) is 9.03. The molecule has 6 heteroatoms. The highest BCUT2D eigenvalue weighted by atomic mass is 16.5. The minimum absolute atomic E-state index is 0.120. The van der Waals surface area contributed by atoms with Crippen LogP contribution in [0.4, 0.5) is 0 Å². The molecular formula is C20H29N3O3. The standard InChI is InChI=1S/C20H29N3O3/c1-26-18-7-3-2-5-15(18)13-20(25)23-11-8-16(9-12-23)22-19(24)14-17-6-4-10-21-17/h2-3,5,7,16-17,21H,4,6,8-14H2,1H3,(H,22,24). The SMILES string of the molecule is COc1ccccc1CC(=O)N1CCC(NC(=O)CC2CCCN2)CC1. The molecule has 2 aliphatic rings. The van der Waals surface area contributed by atoms with Gasteiger partial charge in [0.05, 0.1) is 13.5 Å². The first-order chi connectivity index (χ1) is 12.7. The number of nitrogens with zero attached hydrogens (tertiary/aromatic N) is 1. The van der Waals surface area contributed by atoms with Crippen LogP contribution in [0.1, 0.15) is 37.7 Å². The molecule has 142 valence electrons. The van der Waals surface area contributed by atoms with E-state index in [2.05, 4.69) is 10.6 Å². The molecule has 1 unspecified atom stereocenters. The van der Waals surface area contributed by atoms with Gasteiger partial charge in [-0.3, -0.25) is 9.59 Å². The predicted molar refractivity (Wildman–Crippen MR) is 100 cm³/mol. The van der Waals surface area contributed by atoms with Gasteiger partial charge in [-0.25, -0.2) is 0 Å². The van der Waals surface area contributed by atoms with E-state index in [1.54, 1.807) is 7.11 Å². The molecule has 1 atom stereocenters. The van der Waals surface area contributed by atoms with Crippen LogP contribution in [0.5, 0.6) is 5.75 Å². The minimum Gasteiger partial charge on any atom is -0.496 e. The lowest BCUT2D eigenvalue weighted by atomic mass is 10.0. The van der Waals surface area contributed by atoms with Gasteiger partial charge in [0.1, 0.15) is 5.75 Å². The Morgan fingerprint density at radius 3 is 2.69 bits per heavy atom. The van der Waals surface area contributed by atoms with Crippen molar-refractivity contribution in [2.24, 2.45) is 0 Å². The van der Waals surface area contributed by atoms with Gasteiger partial charge in [0.2, 0.25) is 11.8 Å². The van der Waals surface area contributed by atoms with E-state index < -0.39 is 0 Å². The Labute approximate surface area is 155 Å². The van der Waals surface area contributed by atoms with E-state index in [0.29, 0.717) is 32.0 Å². The van der Waals surface area contributed by atoms with Crippen molar-refractivity contribution >= 4 is 11.8 Å². The molecule has 2 N–H and O–H groups in total. The molecule has 1 aromatic carbocycles. The lowest BCUT2D eigenvalue weighted by Crippen LogP contribution is -2.47. The number of benzene rings is 1. The van der Waals surface area contributed by atoms with Crippen molar-refractivity contribution in [3.8, 4) is 5.75 Å². The average Bonchev–Trinajstić information content (AvgIpc) is 3.15. The van der Waals surface area contributed by atoms with E-state index in [1.807, 2.05) is 29.2 Å². The number of ether oxygens (including phenoxy) is 1. The maximum atomic E-state index is 12.6. The third kappa shape index (κ3) is 4.97. The fraction of sp³-hybridized carbons (Fsp3) is 0.600. The van der Waals surface area contributed by atoms with Gasteiger partial charge in [-0.15, -0.1) is 0 Å². The van der Waals surface area contributed by atoms with Gasteiger partial charge >= 0.3 is 0 Å². The number of piperidine rings is 1. The largest absolute Gasteiger partial charge is 0.496 e. The molecule has 3 rings (SSSR count). The fourth-order valence-corrected chi connectivity index (χ4v) is 3.84. The Balaban J connectivity index is 1.42. The van der Waals surface area contributed by atoms with Crippen LogP contribution in [0, 0.1) is 0 Å². The molecule has 6 nitrogen and oxygen atoms in total. The van der Waals surface area contributed by atoms with Gasteiger partial charge in [0.25, 0.3) is 0 Å². The quantitative estimate of drug-likeness (QED) is 0.807. The van der Waals surface area contributed by atoms with Gasteiger partial charge in [-0.1, -0.05) is 18.2 Å². The maximum Gasteiger partial charge on any atom is 0.227 e. The molecule has 2 heterocycles. The number of hydrogen-bond acceptors (Lipinski definition) is 4. The number of rotatable bonds is 6. The Morgan fingerprint density at radius 1 is 1.23 bits per heavy atom. The van der Waals surface area contributed by atoms with Crippen molar-refractivity contribution in [3.05, 3.63) is 29.8 Å². The Kier molecular flexibility index (Phi) is 6.50. The summed E-state index contributed by atoms with van der Waals surface area (Å²) in [6.45, 7) is 2.41. The molecule has 0 aliphatic carbocycles. The van der Waals surface area contributed by atoms with Gasteiger partial charge < -0.3 is 20.3 Å². The highest BCUT2D eigenvalue weighted by Gasteiger charge is 2.25. The molecule has 26 heavy (non-hydrogen) atoms. The predicted octanol–water partition coefficient (Wildman–Crippen LogP) is 1.49. The molecule has 2 amide bonds. The number of para-hydroxylation sites is 1. The van der Waals surface area contributed by atoms with Crippen molar-refractivity contribution in [1.82, 2.24) is 15.5 Å². The van der Waals surface area contributed by atoms with E-state index in [-0.39, 0.29) is 17.9 Å². The van der Waals surface area contributed by atoms with Crippen LogP contribution in [0.2, 0.25) is 0 Å². The van der Waals surface area contributed by atoms with E-state index in [4.69, 9.17) is 4.74 Å². The van der Waals surface area contributed by atoms with Gasteiger partial charge in [-0.2, -0.15) is 0 Å². The van der Waals surface area contributed by atoms with E-state index >= 15 is 0 Å². The third-order valence-corrected chi connectivity index (χ3v) is 5.34. The molecule has 2 saturated heterocycles. The van der Waals surface area contributed by atoms with Gasteiger partial charge in [0, 0.05) is 37.2 Å². The fourth-order valence-electron chi connectivity index (χ4n) is 3.84. The highest BCUT2D eigenvalue weighted by molar-refractivity contribution is 5.80. The zero-order valence-corrected chi connectivity index (χ0v) is 15.5. The van der Waals surface area contributed by atoms with Crippen LogP contribution < -0.4 is 15.4 Å². The lowest BCUT2D eigenvalue weighted by Gasteiger charge is -2.32. The summed E-state index contributed by atoms with van der Waals surface area (Å²) < 4.78 is 5.33. The first kappa shape index (κ1) is 18.7. The molecule has 2 aliphatic heterocycles. The molecule has 2 fully saturated rings. The van der Waals surface area contributed by atoms with E-state index in [1.165, 1.54) is 0 Å². The van der Waals surface area contributed by atoms with Gasteiger partial charge in [0.15, 0.2) is 0 Å². The lowest BCUT2D eigenvalue weighted by molar-refractivity contribution is -0.131. The monoisotopic (exact) mass is 359 g/mol. The zero-order valence-electron chi connectivity index (χ0n) is 15.5. The summed E-state index contributed by atoms with van der Waals surface area (Å²) >= 11 is 0. The summed E-state index contributed by atoms with van der Waals surface area (Å²) in [5.41, 5.74) is 0.916.